The van der Waals surface area contributed by atoms with Gasteiger partial charge in [0.25, 0.3) is 0 Å². The molecule has 0 radical (unpaired) electrons. The van der Waals surface area contributed by atoms with Gasteiger partial charge in [0.1, 0.15) is 5.75 Å². The molecule has 1 fully saturated rings. The molecule has 0 saturated heterocycles. The maximum atomic E-state index is 9.21. The molecule has 0 bridgehead atoms. The van der Waals surface area contributed by atoms with Gasteiger partial charge in [-0.2, -0.15) is 0 Å². The lowest BCUT2D eigenvalue weighted by molar-refractivity contribution is 0.327. The predicted octanol–water partition coefficient (Wildman–Crippen LogP) is 3.77. The molecule has 2 nitrogen and oxygen atoms in total. The van der Waals surface area contributed by atoms with E-state index >= 15 is 0 Å². The van der Waals surface area contributed by atoms with Gasteiger partial charge in [-0.25, -0.2) is 0 Å². The molecule has 0 spiro atoms. The minimum absolute atomic E-state index is 0.334. The first-order chi connectivity index (χ1) is 7.78. The van der Waals surface area contributed by atoms with Crippen LogP contribution in [0.4, 0.5) is 5.69 Å². The molecule has 0 amide bonds. The van der Waals surface area contributed by atoms with Crippen molar-refractivity contribution >= 4 is 5.69 Å². The Labute approximate surface area is 97.7 Å². The van der Waals surface area contributed by atoms with Crippen LogP contribution in [0, 0.1) is 5.92 Å². The average molecular weight is 219 g/mol. The summed E-state index contributed by atoms with van der Waals surface area (Å²) in [5.41, 5.74) is 1.12. The molecule has 2 atom stereocenters. The van der Waals surface area contributed by atoms with E-state index in [9.17, 15) is 5.11 Å². The Hall–Kier alpha value is -1.18. The summed E-state index contributed by atoms with van der Waals surface area (Å²) >= 11 is 0. The van der Waals surface area contributed by atoms with Crippen LogP contribution in [-0.2, 0) is 0 Å². The Balaban J connectivity index is 1.91. The van der Waals surface area contributed by atoms with Crippen LogP contribution in [0.3, 0.4) is 0 Å². The summed E-state index contributed by atoms with van der Waals surface area (Å²) in [6.45, 7) is 2.29. The zero-order chi connectivity index (χ0) is 11.4. The smallest absolute Gasteiger partial charge is 0.115 e. The van der Waals surface area contributed by atoms with E-state index in [-0.39, 0.29) is 0 Å². The van der Waals surface area contributed by atoms with Gasteiger partial charge in [-0.1, -0.05) is 26.2 Å². The summed E-state index contributed by atoms with van der Waals surface area (Å²) in [5.74, 6) is 1.23. The minimum atomic E-state index is 0.334. The monoisotopic (exact) mass is 219 g/mol. The molecule has 1 aliphatic carbocycles. The molecule has 0 aromatic heterocycles. The second-order valence-corrected chi connectivity index (χ2v) is 4.83. The molecule has 1 aromatic carbocycles. The van der Waals surface area contributed by atoms with Crippen molar-refractivity contribution in [1.29, 1.82) is 0 Å². The fourth-order valence-electron chi connectivity index (χ4n) is 2.59. The van der Waals surface area contributed by atoms with Gasteiger partial charge in [0.15, 0.2) is 0 Å². The summed E-state index contributed by atoms with van der Waals surface area (Å²) in [4.78, 5) is 0. The third kappa shape index (κ3) is 2.91. The van der Waals surface area contributed by atoms with E-state index in [4.69, 9.17) is 0 Å². The zero-order valence-corrected chi connectivity index (χ0v) is 9.95. The standard InChI is InChI=1S/C14H21NO/c1-2-11-4-3-5-13(10-11)15-12-6-8-14(16)9-7-12/h6-9,11,13,15-16H,2-5,10H2,1H3. The van der Waals surface area contributed by atoms with Crippen LogP contribution in [0.5, 0.6) is 5.75 Å². The van der Waals surface area contributed by atoms with E-state index in [1.165, 1.54) is 32.1 Å². The van der Waals surface area contributed by atoms with Gasteiger partial charge in [-0.15, -0.1) is 0 Å². The van der Waals surface area contributed by atoms with E-state index < -0.39 is 0 Å². The van der Waals surface area contributed by atoms with Gasteiger partial charge >= 0.3 is 0 Å². The second-order valence-electron chi connectivity index (χ2n) is 4.83. The van der Waals surface area contributed by atoms with Gasteiger partial charge in [0, 0.05) is 11.7 Å². The van der Waals surface area contributed by atoms with Crippen molar-refractivity contribution in [2.75, 3.05) is 5.32 Å². The Morgan fingerprint density at radius 3 is 2.69 bits per heavy atom. The van der Waals surface area contributed by atoms with Crippen LogP contribution in [0.25, 0.3) is 0 Å². The second kappa shape index (κ2) is 5.24. The van der Waals surface area contributed by atoms with Crippen LogP contribution in [0.2, 0.25) is 0 Å². The summed E-state index contributed by atoms with van der Waals surface area (Å²) < 4.78 is 0. The van der Waals surface area contributed by atoms with Crippen molar-refractivity contribution in [3.63, 3.8) is 0 Å². The molecule has 1 aliphatic rings. The lowest BCUT2D eigenvalue weighted by atomic mass is 9.84. The van der Waals surface area contributed by atoms with Crippen LogP contribution in [-0.4, -0.2) is 11.1 Å². The van der Waals surface area contributed by atoms with E-state index in [2.05, 4.69) is 12.2 Å². The number of nitrogens with one attached hydrogen (secondary N) is 1. The van der Waals surface area contributed by atoms with Gasteiger partial charge < -0.3 is 10.4 Å². The lowest BCUT2D eigenvalue weighted by Crippen LogP contribution is -2.26. The molecule has 1 aromatic rings. The lowest BCUT2D eigenvalue weighted by Gasteiger charge is -2.29. The fraction of sp³-hybridized carbons (Fsp3) is 0.571. The number of anilines is 1. The molecule has 0 heterocycles. The maximum absolute atomic E-state index is 9.21. The van der Waals surface area contributed by atoms with Crippen molar-refractivity contribution in [2.24, 2.45) is 5.92 Å². The molecule has 1 saturated carbocycles. The highest BCUT2D eigenvalue weighted by Crippen LogP contribution is 2.28. The fourth-order valence-corrected chi connectivity index (χ4v) is 2.59. The number of benzene rings is 1. The average Bonchev–Trinajstić information content (AvgIpc) is 2.32. The molecule has 2 unspecified atom stereocenters. The van der Waals surface area contributed by atoms with Gasteiger partial charge in [-0.3, -0.25) is 0 Å². The summed E-state index contributed by atoms with van der Waals surface area (Å²) in [5, 5.41) is 12.8. The Bertz CT molecular complexity index is 320. The highest BCUT2D eigenvalue weighted by Gasteiger charge is 2.20. The van der Waals surface area contributed by atoms with E-state index in [0.717, 1.165) is 11.6 Å². The predicted molar refractivity (Wildman–Crippen MR) is 67.8 cm³/mol. The Kier molecular flexibility index (Phi) is 3.70. The van der Waals surface area contributed by atoms with E-state index in [1.54, 1.807) is 12.1 Å². The first kappa shape index (κ1) is 11.3. The maximum Gasteiger partial charge on any atom is 0.115 e. The minimum Gasteiger partial charge on any atom is -0.508 e. The molecular formula is C14H21NO. The third-order valence-corrected chi connectivity index (χ3v) is 3.60. The van der Waals surface area contributed by atoms with Crippen LogP contribution in [0.15, 0.2) is 24.3 Å². The molecule has 2 heteroatoms. The van der Waals surface area contributed by atoms with Crippen molar-refractivity contribution in [1.82, 2.24) is 0 Å². The number of hydrogen-bond donors (Lipinski definition) is 2. The summed E-state index contributed by atoms with van der Waals surface area (Å²) in [6, 6.07) is 7.99. The van der Waals surface area contributed by atoms with Crippen LogP contribution in [0.1, 0.15) is 39.0 Å². The number of aromatic hydroxyl groups is 1. The summed E-state index contributed by atoms with van der Waals surface area (Å²) in [7, 11) is 0. The Morgan fingerprint density at radius 1 is 1.25 bits per heavy atom. The van der Waals surface area contributed by atoms with E-state index in [0.29, 0.717) is 11.8 Å². The highest BCUT2D eigenvalue weighted by molar-refractivity contribution is 5.46. The van der Waals surface area contributed by atoms with Gasteiger partial charge in [0.2, 0.25) is 0 Å². The zero-order valence-electron chi connectivity index (χ0n) is 9.95. The molecule has 2 N–H and O–H groups in total. The number of rotatable bonds is 3. The van der Waals surface area contributed by atoms with Gasteiger partial charge in [-0.05, 0) is 43.0 Å². The van der Waals surface area contributed by atoms with Crippen molar-refractivity contribution < 1.29 is 5.11 Å². The number of phenols is 1. The molecular weight excluding hydrogens is 198 g/mol. The molecule has 16 heavy (non-hydrogen) atoms. The number of hydrogen-bond acceptors (Lipinski definition) is 2. The summed E-state index contributed by atoms with van der Waals surface area (Å²) in [6.07, 6.45) is 6.60. The first-order valence-electron chi connectivity index (χ1n) is 6.33. The molecule has 0 aliphatic heterocycles. The molecule has 2 rings (SSSR count). The molecule has 88 valence electrons. The SMILES string of the molecule is CCC1CCCC(Nc2ccc(O)cc2)C1. The van der Waals surface area contributed by atoms with Crippen molar-refractivity contribution in [3.05, 3.63) is 24.3 Å². The third-order valence-electron chi connectivity index (χ3n) is 3.60. The largest absolute Gasteiger partial charge is 0.508 e. The van der Waals surface area contributed by atoms with Crippen molar-refractivity contribution in [2.45, 2.75) is 45.1 Å². The quantitative estimate of drug-likeness (QED) is 0.758. The number of phenolic OH excluding ortho intramolecular Hbond substituents is 1. The normalized spacial score (nSPS) is 25.3. The first-order valence-corrected chi connectivity index (χ1v) is 6.33. The van der Waals surface area contributed by atoms with Crippen LogP contribution < -0.4 is 5.32 Å². The Morgan fingerprint density at radius 2 is 2.00 bits per heavy atom. The van der Waals surface area contributed by atoms with Gasteiger partial charge in [0.05, 0.1) is 0 Å². The highest BCUT2D eigenvalue weighted by atomic mass is 16.3. The van der Waals surface area contributed by atoms with E-state index in [1.807, 2.05) is 12.1 Å². The van der Waals surface area contributed by atoms with Crippen molar-refractivity contribution in [3.8, 4) is 5.75 Å². The topological polar surface area (TPSA) is 32.3 Å². The van der Waals surface area contributed by atoms with Crippen LogP contribution >= 0.6 is 0 Å².